The minimum absolute atomic E-state index is 0.270. The Hall–Kier alpha value is -1.13. The third kappa shape index (κ3) is 5.47. The van der Waals surface area contributed by atoms with Crippen LogP contribution in [0.2, 0.25) is 0 Å². The van der Waals surface area contributed by atoms with E-state index in [1.807, 2.05) is 6.07 Å². The van der Waals surface area contributed by atoms with Crippen molar-refractivity contribution < 1.29 is 4.79 Å². The van der Waals surface area contributed by atoms with Crippen molar-refractivity contribution in [2.24, 2.45) is 4.99 Å². The summed E-state index contributed by atoms with van der Waals surface area (Å²) < 4.78 is 0. The summed E-state index contributed by atoms with van der Waals surface area (Å²) in [6.07, 6.45) is 1.53. The number of carbonyl (C=O) groups excluding carboxylic acids is 1. The average Bonchev–Trinajstić information content (AvgIpc) is 2.43. The van der Waals surface area contributed by atoms with Crippen molar-refractivity contribution in [1.82, 2.24) is 5.32 Å². The highest BCUT2D eigenvalue weighted by Crippen LogP contribution is 2.32. The Kier molecular flexibility index (Phi) is 7.55. The first-order valence-electron chi connectivity index (χ1n) is 6.98. The zero-order valence-corrected chi connectivity index (χ0v) is 13.4. The summed E-state index contributed by atoms with van der Waals surface area (Å²) in [6, 6.07) is 6.32. The predicted octanol–water partition coefficient (Wildman–Crippen LogP) is 3.80. The van der Waals surface area contributed by atoms with Crippen LogP contribution in [0.15, 0.2) is 28.1 Å². The molecule has 0 aliphatic heterocycles. The number of hydrogen-bond acceptors (Lipinski definition) is 4. The molecule has 0 fully saturated rings. The molecule has 0 radical (unpaired) electrons. The molecule has 0 heterocycles. The van der Waals surface area contributed by atoms with Crippen LogP contribution in [0.5, 0.6) is 0 Å². The lowest BCUT2D eigenvalue weighted by molar-refractivity contribution is -0.118. The number of benzene rings is 1. The van der Waals surface area contributed by atoms with Gasteiger partial charge < -0.3 is 5.32 Å². The van der Waals surface area contributed by atoms with Gasteiger partial charge in [-0.15, -0.1) is 11.8 Å². The molecular formula is C16H24N2OS. The van der Waals surface area contributed by atoms with Crippen molar-refractivity contribution in [2.75, 3.05) is 19.3 Å². The van der Waals surface area contributed by atoms with Crippen LogP contribution in [-0.4, -0.2) is 31.8 Å². The third-order valence-corrected chi connectivity index (χ3v) is 4.18. The summed E-state index contributed by atoms with van der Waals surface area (Å²) in [6.45, 7) is 8.45. The van der Waals surface area contributed by atoms with Crippen molar-refractivity contribution in [3.05, 3.63) is 23.8 Å². The Morgan fingerprint density at radius 1 is 1.45 bits per heavy atom. The van der Waals surface area contributed by atoms with E-state index >= 15 is 0 Å². The predicted molar refractivity (Wildman–Crippen MR) is 88.6 cm³/mol. The molecule has 0 amide bonds. The number of Topliss-reactive ketones (excluding diaryl/α,β-unsaturated/α-hetero) is 1. The molecule has 0 unspecified atom stereocenters. The minimum atomic E-state index is 0.270. The highest BCUT2D eigenvalue weighted by molar-refractivity contribution is 7.99. The van der Waals surface area contributed by atoms with E-state index in [-0.39, 0.29) is 5.78 Å². The fourth-order valence-corrected chi connectivity index (χ4v) is 2.88. The van der Waals surface area contributed by atoms with Gasteiger partial charge in [0, 0.05) is 11.3 Å². The highest BCUT2D eigenvalue weighted by Gasteiger charge is 2.07. The molecule has 1 aromatic carbocycles. The number of nitrogens with zero attached hydrogens (tertiary/aromatic N) is 1. The van der Waals surface area contributed by atoms with Gasteiger partial charge in [-0.1, -0.05) is 19.9 Å². The lowest BCUT2D eigenvalue weighted by Crippen LogP contribution is -2.18. The van der Waals surface area contributed by atoms with E-state index in [9.17, 15) is 4.79 Å². The van der Waals surface area contributed by atoms with Crippen LogP contribution in [0, 0.1) is 0 Å². The smallest absolute Gasteiger partial charge is 0.146 e. The van der Waals surface area contributed by atoms with Gasteiger partial charge in [-0.25, -0.2) is 0 Å². The van der Waals surface area contributed by atoms with Crippen LogP contribution in [0.1, 0.15) is 38.2 Å². The lowest BCUT2D eigenvalue weighted by Gasteiger charge is -2.10. The van der Waals surface area contributed by atoms with Gasteiger partial charge in [-0.2, -0.15) is 0 Å². The van der Waals surface area contributed by atoms with Crippen LogP contribution in [0.25, 0.3) is 0 Å². The van der Waals surface area contributed by atoms with Crippen molar-refractivity contribution >= 4 is 30.0 Å². The number of aliphatic imine (C=N–C) groups is 1. The Labute approximate surface area is 126 Å². The molecule has 0 saturated carbocycles. The molecule has 0 atom stereocenters. The fourth-order valence-electron chi connectivity index (χ4n) is 1.87. The average molecular weight is 292 g/mol. The van der Waals surface area contributed by atoms with E-state index in [1.54, 1.807) is 18.8 Å². The van der Waals surface area contributed by atoms with E-state index < -0.39 is 0 Å². The molecule has 0 bridgehead atoms. The first kappa shape index (κ1) is 16.9. The van der Waals surface area contributed by atoms with Crippen molar-refractivity contribution in [2.45, 2.75) is 37.5 Å². The number of rotatable bonds is 9. The Morgan fingerprint density at radius 3 is 2.80 bits per heavy atom. The molecule has 0 aliphatic carbocycles. The number of ketones is 1. The van der Waals surface area contributed by atoms with E-state index in [1.165, 1.54) is 5.56 Å². The van der Waals surface area contributed by atoms with Gasteiger partial charge >= 0.3 is 0 Å². The van der Waals surface area contributed by atoms with Crippen LogP contribution < -0.4 is 5.32 Å². The molecule has 1 rings (SSSR count). The standard InChI is InChI=1S/C16H24N2OS/c1-12(2)13-7-8-15(18-4)16(10-13)20-9-5-6-14(19)11-17-3/h7-8,10,12,17H,4-6,9,11H2,1-3H3. The number of carbonyl (C=O) groups is 1. The number of hydrogen-bond donors (Lipinski definition) is 1. The maximum Gasteiger partial charge on any atom is 0.146 e. The zero-order chi connectivity index (χ0) is 15.0. The van der Waals surface area contributed by atoms with Crippen molar-refractivity contribution in [3.8, 4) is 0 Å². The largest absolute Gasteiger partial charge is 0.313 e. The van der Waals surface area contributed by atoms with Crippen LogP contribution >= 0.6 is 11.8 Å². The monoisotopic (exact) mass is 292 g/mol. The number of likely N-dealkylation sites (N-methyl/N-ethyl adjacent to an activating group) is 1. The number of nitrogens with one attached hydrogen (secondary N) is 1. The molecular weight excluding hydrogens is 268 g/mol. The van der Waals surface area contributed by atoms with E-state index in [0.29, 0.717) is 18.9 Å². The fraction of sp³-hybridized carbons (Fsp3) is 0.500. The summed E-state index contributed by atoms with van der Waals surface area (Å²) in [4.78, 5) is 16.6. The van der Waals surface area contributed by atoms with E-state index in [2.05, 4.69) is 43.0 Å². The van der Waals surface area contributed by atoms with E-state index in [4.69, 9.17) is 0 Å². The van der Waals surface area contributed by atoms with Gasteiger partial charge in [0.2, 0.25) is 0 Å². The number of thioether (sulfide) groups is 1. The quantitative estimate of drug-likeness (QED) is 0.427. The van der Waals surface area contributed by atoms with Crippen molar-refractivity contribution in [1.29, 1.82) is 0 Å². The summed E-state index contributed by atoms with van der Waals surface area (Å²) in [5.41, 5.74) is 2.24. The second-order valence-corrected chi connectivity index (χ2v) is 6.20. The first-order valence-corrected chi connectivity index (χ1v) is 7.96. The Balaban J connectivity index is 2.55. The molecule has 0 aromatic heterocycles. The maximum absolute atomic E-state index is 11.4. The normalized spacial score (nSPS) is 10.8. The highest BCUT2D eigenvalue weighted by atomic mass is 32.2. The minimum Gasteiger partial charge on any atom is -0.313 e. The van der Waals surface area contributed by atoms with Crippen LogP contribution in [0.3, 0.4) is 0 Å². The molecule has 3 nitrogen and oxygen atoms in total. The van der Waals surface area contributed by atoms with Gasteiger partial charge in [-0.3, -0.25) is 9.79 Å². The summed E-state index contributed by atoms with van der Waals surface area (Å²) >= 11 is 1.76. The van der Waals surface area contributed by atoms with Crippen molar-refractivity contribution in [3.63, 3.8) is 0 Å². The molecule has 1 aromatic rings. The van der Waals surface area contributed by atoms with Gasteiger partial charge in [0.15, 0.2) is 0 Å². The summed E-state index contributed by atoms with van der Waals surface area (Å²) in [5, 5.41) is 2.88. The summed E-state index contributed by atoms with van der Waals surface area (Å²) in [7, 11) is 1.80. The van der Waals surface area contributed by atoms with Gasteiger partial charge in [0.1, 0.15) is 5.78 Å². The van der Waals surface area contributed by atoms with Gasteiger partial charge in [-0.05, 0) is 49.6 Å². The molecule has 20 heavy (non-hydrogen) atoms. The molecule has 1 N–H and O–H groups in total. The van der Waals surface area contributed by atoms with Gasteiger partial charge in [0.05, 0.1) is 12.2 Å². The second-order valence-electron chi connectivity index (χ2n) is 5.06. The van der Waals surface area contributed by atoms with Crippen LogP contribution in [0.4, 0.5) is 5.69 Å². The molecule has 0 aliphatic rings. The Morgan fingerprint density at radius 2 is 2.20 bits per heavy atom. The Bertz CT molecular complexity index is 458. The SMILES string of the molecule is C=Nc1ccc(C(C)C)cc1SCCCC(=O)CNC. The first-order chi connectivity index (χ1) is 9.58. The zero-order valence-electron chi connectivity index (χ0n) is 12.6. The third-order valence-electron chi connectivity index (χ3n) is 3.05. The molecule has 0 spiro atoms. The molecule has 0 saturated heterocycles. The molecule has 110 valence electrons. The topological polar surface area (TPSA) is 41.5 Å². The maximum atomic E-state index is 11.4. The van der Waals surface area contributed by atoms with E-state index in [0.717, 1.165) is 22.8 Å². The summed E-state index contributed by atoms with van der Waals surface area (Å²) in [5.74, 6) is 1.70. The lowest BCUT2D eigenvalue weighted by atomic mass is 10.0. The van der Waals surface area contributed by atoms with Crippen LogP contribution in [-0.2, 0) is 4.79 Å². The van der Waals surface area contributed by atoms with Gasteiger partial charge in [0.25, 0.3) is 0 Å². The second kappa shape index (κ2) is 8.93. The molecule has 4 heteroatoms.